The number of halogens is 1. The molecule has 1 saturated heterocycles. The van der Waals surface area contributed by atoms with Gasteiger partial charge in [-0.05, 0) is 77.3 Å². The lowest BCUT2D eigenvalue weighted by Gasteiger charge is -2.39. The Balaban J connectivity index is 1.81. The zero-order chi connectivity index (χ0) is 21.2. The average Bonchev–Trinajstić information content (AvgIpc) is 3.27. The molecule has 2 N–H and O–H groups in total. The van der Waals surface area contributed by atoms with Gasteiger partial charge in [-0.3, -0.25) is 9.88 Å². The van der Waals surface area contributed by atoms with Crippen LogP contribution in [-0.2, 0) is 16.7 Å². The van der Waals surface area contributed by atoms with Crippen LogP contribution in [0.1, 0.15) is 49.7 Å². The second-order valence-electron chi connectivity index (χ2n) is 8.57. The molecule has 0 aliphatic carbocycles. The molecule has 1 aliphatic rings. The van der Waals surface area contributed by atoms with Crippen LogP contribution in [0.2, 0.25) is 0 Å². The van der Waals surface area contributed by atoms with Gasteiger partial charge in [0, 0.05) is 34.3 Å². The quantitative estimate of drug-likeness (QED) is 0.710. The molecule has 0 aromatic carbocycles. The van der Waals surface area contributed by atoms with Crippen molar-refractivity contribution >= 4 is 17.4 Å². The average molecular weight is 420 g/mol. The molecular weight excluding hydrogens is 389 g/mol. The van der Waals surface area contributed by atoms with Gasteiger partial charge in [-0.2, -0.15) is 4.39 Å². The summed E-state index contributed by atoms with van der Waals surface area (Å²) in [6.07, 6.45) is 3.31. The lowest BCUT2D eigenvalue weighted by atomic mass is 9.77. The molecule has 5 nitrogen and oxygen atoms in total. The predicted molar refractivity (Wildman–Crippen MR) is 113 cm³/mol. The Kier molecular flexibility index (Phi) is 6.29. The summed E-state index contributed by atoms with van der Waals surface area (Å²) in [6, 6.07) is 7.50. The van der Waals surface area contributed by atoms with Crippen LogP contribution < -0.4 is 5.73 Å². The van der Waals surface area contributed by atoms with Gasteiger partial charge in [0.2, 0.25) is 0 Å². The van der Waals surface area contributed by atoms with Gasteiger partial charge in [-0.1, -0.05) is 6.07 Å². The SMILES string of the molecule is Cc1ccc(C(C)(C)N2CC[C@@](CCc3ccc(F)s3)([C@@H](C)OC(N)=O)C2)cn1. The Morgan fingerprint density at radius 1 is 1.41 bits per heavy atom. The van der Waals surface area contributed by atoms with Crippen molar-refractivity contribution in [3.05, 3.63) is 51.7 Å². The highest BCUT2D eigenvalue weighted by Crippen LogP contribution is 2.44. The lowest BCUT2D eigenvalue weighted by Crippen LogP contribution is -2.45. The number of aryl methyl sites for hydroxylation is 2. The maximum Gasteiger partial charge on any atom is 0.404 e. The number of amides is 1. The van der Waals surface area contributed by atoms with Crippen LogP contribution in [0.5, 0.6) is 0 Å². The fraction of sp³-hybridized carbons (Fsp3) is 0.545. The van der Waals surface area contributed by atoms with Crippen LogP contribution in [0.3, 0.4) is 0 Å². The van der Waals surface area contributed by atoms with Gasteiger partial charge >= 0.3 is 6.09 Å². The third-order valence-corrected chi connectivity index (χ3v) is 7.38. The van der Waals surface area contributed by atoms with E-state index in [1.54, 1.807) is 0 Å². The van der Waals surface area contributed by atoms with Gasteiger partial charge in [0.25, 0.3) is 0 Å². The normalized spacial score (nSPS) is 21.3. The number of carbonyl (C=O) groups excluding carboxylic acids is 1. The molecule has 0 radical (unpaired) electrons. The van der Waals surface area contributed by atoms with E-state index in [9.17, 15) is 9.18 Å². The third-order valence-electron chi connectivity index (χ3n) is 6.45. The number of rotatable bonds is 7. The summed E-state index contributed by atoms with van der Waals surface area (Å²) in [4.78, 5) is 19.3. The number of nitrogens with zero attached hydrogens (tertiary/aromatic N) is 2. The summed E-state index contributed by atoms with van der Waals surface area (Å²) < 4.78 is 18.8. The maximum atomic E-state index is 13.4. The molecule has 0 unspecified atom stereocenters. The van der Waals surface area contributed by atoms with Crippen LogP contribution in [0.4, 0.5) is 9.18 Å². The zero-order valence-corrected chi connectivity index (χ0v) is 18.4. The summed E-state index contributed by atoms with van der Waals surface area (Å²) in [7, 11) is 0. The molecule has 0 spiro atoms. The highest BCUT2D eigenvalue weighted by molar-refractivity contribution is 7.10. The topological polar surface area (TPSA) is 68.5 Å². The van der Waals surface area contributed by atoms with Crippen LogP contribution in [0, 0.1) is 17.5 Å². The van der Waals surface area contributed by atoms with Crippen molar-refractivity contribution in [2.45, 2.75) is 58.6 Å². The number of primary amides is 1. The molecule has 7 heteroatoms. The molecule has 2 atom stereocenters. The first-order chi connectivity index (χ1) is 13.6. The van der Waals surface area contributed by atoms with E-state index in [1.165, 1.54) is 17.4 Å². The number of nitrogens with two attached hydrogens (primary N) is 1. The van der Waals surface area contributed by atoms with Crippen molar-refractivity contribution in [3.8, 4) is 0 Å². The number of ether oxygens (including phenoxy) is 1. The summed E-state index contributed by atoms with van der Waals surface area (Å²) in [5.41, 5.74) is 7.04. The highest BCUT2D eigenvalue weighted by atomic mass is 32.1. The van der Waals surface area contributed by atoms with Crippen molar-refractivity contribution in [3.63, 3.8) is 0 Å². The van der Waals surface area contributed by atoms with Gasteiger partial charge < -0.3 is 10.5 Å². The second-order valence-corrected chi connectivity index (χ2v) is 9.68. The monoisotopic (exact) mass is 419 g/mol. The number of pyridine rings is 1. The molecular formula is C22H30FN3O2S. The lowest BCUT2D eigenvalue weighted by molar-refractivity contribution is 0.0115. The first-order valence-corrected chi connectivity index (χ1v) is 10.8. The Labute approximate surface area is 176 Å². The fourth-order valence-electron chi connectivity index (χ4n) is 4.28. The Morgan fingerprint density at radius 2 is 2.17 bits per heavy atom. The number of carbonyl (C=O) groups is 1. The molecule has 1 aliphatic heterocycles. The van der Waals surface area contributed by atoms with Crippen molar-refractivity contribution in [2.75, 3.05) is 13.1 Å². The third kappa shape index (κ3) is 4.78. The minimum Gasteiger partial charge on any atom is -0.446 e. The number of hydrogen-bond donors (Lipinski definition) is 1. The standard InChI is InChI=1S/C22H30FN3O2S/c1-15-5-6-17(13-25-15)21(3,4)26-12-11-22(14-26,16(2)28-20(24)27)10-9-18-7-8-19(23)29-18/h5-8,13,16H,9-12,14H2,1-4H3,(H2,24,27)/t16-,22-/m1/s1. The van der Waals surface area contributed by atoms with Gasteiger partial charge in [-0.25, -0.2) is 4.79 Å². The Hall–Kier alpha value is -1.99. The van der Waals surface area contributed by atoms with E-state index in [2.05, 4.69) is 29.8 Å². The first-order valence-electron chi connectivity index (χ1n) is 10.0. The molecule has 2 aromatic heterocycles. The van der Waals surface area contributed by atoms with Gasteiger partial charge in [0.05, 0.1) is 0 Å². The van der Waals surface area contributed by atoms with E-state index in [4.69, 9.17) is 10.5 Å². The van der Waals surface area contributed by atoms with E-state index in [-0.39, 0.29) is 22.2 Å². The van der Waals surface area contributed by atoms with E-state index < -0.39 is 6.09 Å². The van der Waals surface area contributed by atoms with E-state index in [0.29, 0.717) is 0 Å². The number of aromatic nitrogens is 1. The predicted octanol–water partition coefficient (Wildman–Crippen LogP) is 4.63. The molecule has 0 bridgehead atoms. The fourth-order valence-corrected chi connectivity index (χ4v) is 5.01. The molecule has 1 fully saturated rings. The van der Waals surface area contributed by atoms with Gasteiger partial charge in [0.1, 0.15) is 6.10 Å². The van der Waals surface area contributed by atoms with E-state index >= 15 is 0 Å². The highest BCUT2D eigenvalue weighted by Gasteiger charge is 2.47. The second kappa shape index (κ2) is 8.40. The van der Waals surface area contributed by atoms with Crippen LogP contribution in [-0.4, -0.2) is 35.2 Å². The summed E-state index contributed by atoms with van der Waals surface area (Å²) in [5.74, 6) is 0. The van der Waals surface area contributed by atoms with E-state index in [0.717, 1.165) is 48.5 Å². The minimum atomic E-state index is -0.750. The van der Waals surface area contributed by atoms with Crippen molar-refractivity contribution in [1.82, 2.24) is 9.88 Å². The molecule has 1 amide bonds. The molecule has 3 heterocycles. The van der Waals surface area contributed by atoms with Gasteiger partial charge in [0.15, 0.2) is 5.13 Å². The van der Waals surface area contributed by atoms with Crippen molar-refractivity contribution in [2.24, 2.45) is 11.1 Å². The first kappa shape index (κ1) is 21.7. The zero-order valence-electron chi connectivity index (χ0n) is 17.6. The van der Waals surface area contributed by atoms with Crippen LogP contribution in [0.25, 0.3) is 0 Å². The summed E-state index contributed by atoms with van der Waals surface area (Å²) in [5, 5.41) is -0.170. The summed E-state index contributed by atoms with van der Waals surface area (Å²) in [6.45, 7) is 9.95. The number of thiophene rings is 1. The summed E-state index contributed by atoms with van der Waals surface area (Å²) >= 11 is 1.18. The molecule has 3 rings (SSSR count). The molecule has 158 valence electrons. The van der Waals surface area contributed by atoms with Gasteiger partial charge in [-0.15, -0.1) is 11.3 Å². The van der Waals surface area contributed by atoms with Crippen molar-refractivity contribution < 1.29 is 13.9 Å². The molecule has 0 saturated carbocycles. The van der Waals surface area contributed by atoms with E-state index in [1.807, 2.05) is 32.2 Å². The Bertz CT molecular complexity index is 852. The molecule has 2 aromatic rings. The Morgan fingerprint density at radius 3 is 2.76 bits per heavy atom. The van der Waals surface area contributed by atoms with Crippen molar-refractivity contribution in [1.29, 1.82) is 0 Å². The van der Waals surface area contributed by atoms with Crippen LogP contribution in [0.15, 0.2) is 30.5 Å². The number of likely N-dealkylation sites (tertiary alicyclic amines) is 1. The maximum absolute atomic E-state index is 13.4. The molecule has 29 heavy (non-hydrogen) atoms. The minimum absolute atomic E-state index is 0.170. The van der Waals surface area contributed by atoms with Crippen LogP contribution >= 0.6 is 11.3 Å². The smallest absolute Gasteiger partial charge is 0.404 e. The number of hydrogen-bond acceptors (Lipinski definition) is 5. The largest absolute Gasteiger partial charge is 0.446 e.